The van der Waals surface area contributed by atoms with Gasteiger partial charge in [0.25, 0.3) is 5.56 Å². The summed E-state index contributed by atoms with van der Waals surface area (Å²) in [7, 11) is 0. The van der Waals surface area contributed by atoms with E-state index in [0.717, 1.165) is 28.6 Å². The Kier molecular flexibility index (Phi) is 6.63. The third kappa shape index (κ3) is 5.32. The molecule has 0 aliphatic rings. The highest BCUT2D eigenvalue weighted by molar-refractivity contribution is 7.99. The monoisotopic (exact) mass is 423 g/mol. The minimum atomic E-state index is -0.458. The molecular formula is C21H21N5O3S. The maximum absolute atomic E-state index is 12.5. The lowest BCUT2D eigenvalue weighted by Crippen LogP contribution is -2.18. The summed E-state index contributed by atoms with van der Waals surface area (Å²) in [6.07, 6.45) is 0. The quantitative estimate of drug-likeness (QED) is 0.525. The van der Waals surface area contributed by atoms with Crippen molar-refractivity contribution in [3.05, 3.63) is 63.9 Å². The molecule has 0 radical (unpaired) electrons. The van der Waals surface area contributed by atoms with Crippen LogP contribution in [0.5, 0.6) is 0 Å². The van der Waals surface area contributed by atoms with Crippen LogP contribution in [0.2, 0.25) is 0 Å². The van der Waals surface area contributed by atoms with Gasteiger partial charge >= 0.3 is 0 Å². The van der Waals surface area contributed by atoms with Gasteiger partial charge in [-0.2, -0.15) is 0 Å². The number of hydrogen-bond acceptors (Lipinski definition) is 6. The van der Waals surface area contributed by atoms with E-state index in [4.69, 9.17) is 0 Å². The number of aromatic nitrogens is 3. The second-order valence-electron chi connectivity index (χ2n) is 6.69. The molecule has 3 aromatic rings. The van der Waals surface area contributed by atoms with Crippen molar-refractivity contribution in [2.24, 2.45) is 0 Å². The van der Waals surface area contributed by atoms with E-state index >= 15 is 0 Å². The Balaban J connectivity index is 1.71. The van der Waals surface area contributed by atoms with Crippen molar-refractivity contribution in [1.82, 2.24) is 15.2 Å². The lowest BCUT2D eigenvalue weighted by molar-refractivity contribution is -0.114. The van der Waals surface area contributed by atoms with Gasteiger partial charge in [0.15, 0.2) is 10.9 Å². The molecule has 2 amide bonds. The summed E-state index contributed by atoms with van der Waals surface area (Å²) in [4.78, 5) is 38.8. The summed E-state index contributed by atoms with van der Waals surface area (Å²) in [5, 5.41) is 13.8. The number of carbonyl (C=O) groups is 2. The maximum Gasteiger partial charge on any atom is 0.278 e. The maximum atomic E-state index is 12.5. The molecule has 1 aromatic heterocycles. The van der Waals surface area contributed by atoms with Crippen molar-refractivity contribution < 1.29 is 9.59 Å². The number of aryl methyl sites for hydroxylation is 2. The summed E-state index contributed by atoms with van der Waals surface area (Å²) in [6, 6.07) is 12.7. The molecule has 0 aliphatic heterocycles. The number of nitrogens with zero attached hydrogens (tertiary/aromatic N) is 2. The number of para-hydroxylation sites is 1. The summed E-state index contributed by atoms with van der Waals surface area (Å²) in [5.41, 5.74) is 3.33. The number of thioether (sulfide) groups is 1. The zero-order valence-electron chi connectivity index (χ0n) is 16.8. The summed E-state index contributed by atoms with van der Waals surface area (Å²) in [5.74, 6) is -0.398. The van der Waals surface area contributed by atoms with Crippen LogP contribution < -0.4 is 16.2 Å². The van der Waals surface area contributed by atoms with Crippen LogP contribution in [0, 0.1) is 13.8 Å². The molecule has 0 saturated heterocycles. The van der Waals surface area contributed by atoms with E-state index in [1.807, 2.05) is 32.0 Å². The van der Waals surface area contributed by atoms with Crippen molar-refractivity contribution in [3.8, 4) is 11.3 Å². The number of rotatable bonds is 6. The number of aromatic amines is 1. The lowest BCUT2D eigenvalue weighted by Gasteiger charge is -2.09. The molecule has 0 aliphatic carbocycles. The molecule has 8 nitrogen and oxygen atoms in total. The van der Waals surface area contributed by atoms with Crippen molar-refractivity contribution >= 4 is 35.0 Å². The second kappa shape index (κ2) is 9.36. The third-order valence-corrected chi connectivity index (χ3v) is 5.04. The van der Waals surface area contributed by atoms with Crippen molar-refractivity contribution in [2.45, 2.75) is 25.9 Å². The number of nitrogens with one attached hydrogen (secondary N) is 3. The van der Waals surface area contributed by atoms with Crippen LogP contribution >= 0.6 is 11.8 Å². The smallest absolute Gasteiger partial charge is 0.278 e. The SMILES string of the molecule is CC(=O)Nc1ccccc1-c1nnc(SCC(=O)Nc2cc(C)ccc2C)[nH]c1=O. The van der Waals surface area contributed by atoms with Gasteiger partial charge in [-0.3, -0.25) is 19.4 Å². The number of H-pyrrole nitrogens is 1. The predicted molar refractivity (Wildman–Crippen MR) is 118 cm³/mol. The Labute approximate surface area is 177 Å². The minimum absolute atomic E-state index is 0.0693. The van der Waals surface area contributed by atoms with Gasteiger partial charge in [0, 0.05) is 18.2 Å². The van der Waals surface area contributed by atoms with E-state index in [9.17, 15) is 14.4 Å². The number of anilines is 2. The molecule has 30 heavy (non-hydrogen) atoms. The zero-order valence-corrected chi connectivity index (χ0v) is 17.6. The molecule has 0 spiro atoms. The van der Waals surface area contributed by atoms with Crippen LogP contribution in [-0.4, -0.2) is 32.7 Å². The van der Waals surface area contributed by atoms with E-state index < -0.39 is 5.56 Å². The van der Waals surface area contributed by atoms with E-state index in [1.165, 1.54) is 6.92 Å². The van der Waals surface area contributed by atoms with Crippen LogP contribution in [0.25, 0.3) is 11.3 Å². The molecule has 2 aromatic carbocycles. The Morgan fingerprint density at radius 2 is 1.80 bits per heavy atom. The first-order valence-electron chi connectivity index (χ1n) is 9.17. The normalized spacial score (nSPS) is 10.5. The van der Waals surface area contributed by atoms with Gasteiger partial charge in [-0.1, -0.05) is 42.1 Å². The first-order valence-corrected chi connectivity index (χ1v) is 10.2. The average Bonchev–Trinajstić information content (AvgIpc) is 2.69. The zero-order chi connectivity index (χ0) is 21.7. The Morgan fingerprint density at radius 1 is 1.03 bits per heavy atom. The summed E-state index contributed by atoms with van der Waals surface area (Å²) in [6.45, 7) is 5.26. The van der Waals surface area contributed by atoms with Crippen molar-refractivity contribution in [3.63, 3.8) is 0 Å². The van der Waals surface area contributed by atoms with E-state index in [1.54, 1.807) is 24.3 Å². The molecule has 0 bridgehead atoms. The van der Waals surface area contributed by atoms with Gasteiger partial charge in [0.2, 0.25) is 11.8 Å². The predicted octanol–water partition coefficient (Wildman–Crippen LogP) is 3.14. The largest absolute Gasteiger partial charge is 0.326 e. The third-order valence-electron chi connectivity index (χ3n) is 4.18. The highest BCUT2D eigenvalue weighted by Crippen LogP contribution is 2.24. The van der Waals surface area contributed by atoms with Crippen molar-refractivity contribution in [1.29, 1.82) is 0 Å². The first kappa shape index (κ1) is 21.3. The number of carbonyl (C=O) groups excluding carboxylic acids is 2. The van der Waals surface area contributed by atoms with Crippen molar-refractivity contribution in [2.75, 3.05) is 16.4 Å². The van der Waals surface area contributed by atoms with Gasteiger partial charge in [0.05, 0.1) is 11.4 Å². The fourth-order valence-corrected chi connectivity index (χ4v) is 3.35. The second-order valence-corrected chi connectivity index (χ2v) is 7.65. The molecule has 154 valence electrons. The summed E-state index contributed by atoms with van der Waals surface area (Å²) < 4.78 is 0. The van der Waals surface area contributed by atoms with E-state index in [2.05, 4.69) is 25.8 Å². The number of amides is 2. The van der Waals surface area contributed by atoms with Gasteiger partial charge < -0.3 is 10.6 Å². The molecule has 0 saturated carbocycles. The van der Waals surface area contributed by atoms with Gasteiger partial charge in [-0.05, 0) is 37.1 Å². The first-order chi connectivity index (χ1) is 14.3. The Bertz CT molecular complexity index is 1160. The fraction of sp³-hybridized carbons (Fsp3) is 0.190. The van der Waals surface area contributed by atoms with Crippen LogP contribution in [-0.2, 0) is 9.59 Å². The van der Waals surface area contributed by atoms with Crippen LogP contribution in [0.1, 0.15) is 18.1 Å². The molecule has 0 unspecified atom stereocenters. The fourth-order valence-electron chi connectivity index (χ4n) is 2.74. The topological polar surface area (TPSA) is 117 Å². The highest BCUT2D eigenvalue weighted by atomic mass is 32.2. The lowest BCUT2D eigenvalue weighted by atomic mass is 10.1. The molecule has 3 rings (SSSR count). The molecule has 3 N–H and O–H groups in total. The molecule has 1 heterocycles. The number of hydrogen-bond donors (Lipinski definition) is 3. The standard InChI is InChI=1S/C21H21N5O3S/c1-12-8-9-13(2)17(10-12)23-18(28)11-30-21-24-20(29)19(25-26-21)15-6-4-5-7-16(15)22-14(3)27/h4-10H,11H2,1-3H3,(H,22,27)(H,23,28)(H,24,26,29). The molecule has 0 fully saturated rings. The molecule has 0 atom stereocenters. The van der Waals surface area contributed by atoms with E-state index in [0.29, 0.717) is 11.3 Å². The molecule has 9 heteroatoms. The minimum Gasteiger partial charge on any atom is -0.326 e. The Hall–Kier alpha value is -3.46. The van der Waals surface area contributed by atoms with Crippen LogP contribution in [0.4, 0.5) is 11.4 Å². The van der Waals surface area contributed by atoms with Gasteiger partial charge in [0.1, 0.15) is 0 Å². The number of benzene rings is 2. The summed E-state index contributed by atoms with van der Waals surface area (Å²) >= 11 is 1.08. The average molecular weight is 423 g/mol. The molecular weight excluding hydrogens is 402 g/mol. The van der Waals surface area contributed by atoms with Crippen LogP contribution in [0.15, 0.2) is 52.4 Å². The van der Waals surface area contributed by atoms with Gasteiger partial charge in [-0.15, -0.1) is 10.2 Å². The Morgan fingerprint density at radius 3 is 2.53 bits per heavy atom. The van der Waals surface area contributed by atoms with Gasteiger partial charge in [-0.25, -0.2) is 0 Å². The van der Waals surface area contributed by atoms with Crippen LogP contribution in [0.3, 0.4) is 0 Å². The highest BCUT2D eigenvalue weighted by Gasteiger charge is 2.14. The van der Waals surface area contributed by atoms with E-state index in [-0.39, 0.29) is 28.4 Å².